The van der Waals surface area contributed by atoms with Crippen LogP contribution in [-0.4, -0.2) is 36.6 Å². The first-order valence-corrected chi connectivity index (χ1v) is 7.38. The Balaban J connectivity index is 2.43. The minimum absolute atomic E-state index is 0.00770. The highest BCUT2D eigenvalue weighted by Crippen LogP contribution is 2.22. The topological polar surface area (TPSA) is 80.3 Å². The molecule has 7 heteroatoms. The molecule has 0 aliphatic heterocycles. The molecule has 1 aromatic rings. The number of hydrogen-bond acceptors (Lipinski definition) is 6. The first-order chi connectivity index (χ1) is 9.47. The summed E-state index contributed by atoms with van der Waals surface area (Å²) < 4.78 is 4.64. The van der Waals surface area contributed by atoms with Crippen LogP contribution in [0.2, 0.25) is 0 Å². The summed E-state index contributed by atoms with van der Waals surface area (Å²) >= 11 is 1.37. The van der Waals surface area contributed by atoms with Gasteiger partial charge < -0.3 is 15.4 Å². The summed E-state index contributed by atoms with van der Waals surface area (Å²) in [6.45, 7) is 6.29. The Morgan fingerprint density at radius 2 is 2.15 bits per heavy atom. The largest absolute Gasteiger partial charge is 0.464 e. The fraction of sp³-hybridized carbons (Fsp3) is 0.615. The normalized spacial score (nSPS) is 11.8. The number of carbonyl (C=O) groups excluding carboxylic acids is 2. The second-order valence-corrected chi connectivity index (χ2v) is 5.67. The molecule has 20 heavy (non-hydrogen) atoms. The zero-order valence-electron chi connectivity index (χ0n) is 12.3. The number of methoxy groups -OCH3 is 1. The number of thiazole rings is 1. The van der Waals surface area contributed by atoms with Gasteiger partial charge in [-0.05, 0) is 20.3 Å². The summed E-state index contributed by atoms with van der Waals surface area (Å²) in [7, 11) is 1.33. The molecule has 112 valence electrons. The number of rotatable bonds is 7. The highest BCUT2D eigenvalue weighted by Gasteiger charge is 2.15. The molecule has 6 nitrogen and oxygen atoms in total. The fourth-order valence-corrected chi connectivity index (χ4v) is 2.32. The number of carbonyl (C=O) groups is 2. The number of ether oxygens (including phenoxy) is 1. The predicted octanol–water partition coefficient (Wildman–Crippen LogP) is 1.95. The standard InChI is InChI=1S/C13H21N3O3S/c1-5-8(2)15-10(17)6-7-14-13-16-11(9(3)20-13)12(18)19-4/h8H,5-7H2,1-4H3,(H,14,16)(H,15,17). The number of aromatic nitrogens is 1. The van der Waals surface area contributed by atoms with E-state index in [4.69, 9.17) is 0 Å². The van der Waals surface area contributed by atoms with Crippen molar-refractivity contribution < 1.29 is 14.3 Å². The Morgan fingerprint density at radius 3 is 2.75 bits per heavy atom. The molecule has 0 saturated carbocycles. The number of amides is 1. The molecule has 0 bridgehead atoms. The molecule has 1 amide bonds. The quantitative estimate of drug-likeness (QED) is 0.752. The van der Waals surface area contributed by atoms with Gasteiger partial charge in [0.25, 0.3) is 0 Å². The van der Waals surface area contributed by atoms with Gasteiger partial charge in [-0.15, -0.1) is 11.3 Å². The maximum atomic E-state index is 11.6. The molecule has 1 unspecified atom stereocenters. The third kappa shape index (κ3) is 4.80. The van der Waals surface area contributed by atoms with Gasteiger partial charge in [-0.25, -0.2) is 9.78 Å². The van der Waals surface area contributed by atoms with Crippen molar-refractivity contribution in [3.63, 3.8) is 0 Å². The van der Waals surface area contributed by atoms with Crippen molar-refractivity contribution in [2.75, 3.05) is 19.0 Å². The van der Waals surface area contributed by atoms with E-state index >= 15 is 0 Å². The first-order valence-electron chi connectivity index (χ1n) is 6.56. The van der Waals surface area contributed by atoms with Gasteiger partial charge in [0.2, 0.25) is 5.91 Å². The van der Waals surface area contributed by atoms with E-state index < -0.39 is 5.97 Å². The van der Waals surface area contributed by atoms with Crippen molar-refractivity contribution >= 4 is 28.3 Å². The Bertz CT molecular complexity index is 473. The SMILES string of the molecule is CCC(C)NC(=O)CCNc1nc(C(=O)OC)c(C)s1. The van der Waals surface area contributed by atoms with Crippen LogP contribution in [0, 0.1) is 6.92 Å². The van der Waals surface area contributed by atoms with Gasteiger partial charge in [0, 0.05) is 23.9 Å². The molecular weight excluding hydrogens is 278 g/mol. The van der Waals surface area contributed by atoms with Crippen LogP contribution >= 0.6 is 11.3 Å². The van der Waals surface area contributed by atoms with Crippen molar-refractivity contribution in [3.05, 3.63) is 10.6 Å². The minimum Gasteiger partial charge on any atom is -0.464 e. The van der Waals surface area contributed by atoms with Crippen LogP contribution in [0.3, 0.4) is 0 Å². The molecule has 0 aliphatic carbocycles. The van der Waals surface area contributed by atoms with E-state index in [9.17, 15) is 9.59 Å². The van der Waals surface area contributed by atoms with Gasteiger partial charge in [-0.2, -0.15) is 0 Å². The molecule has 0 aromatic carbocycles. The van der Waals surface area contributed by atoms with Gasteiger partial charge in [0.1, 0.15) is 0 Å². The van der Waals surface area contributed by atoms with Crippen molar-refractivity contribution in [2.45, 2.75) is 39.7 Å². The molecular formula is C13H21N3O3S. The molecule has 1 rings (SSSR count). The van der Waals surface area contributed by atoms with E-state index in [1.807, 2.05) is 20.8 Å². The van der Waals surface area contributed by atoms with E-state index in [0.29, 0.717) is 23.8 Å². The van der Waals surface area contributed by atoms with Crippen molar-refractivity contribution in [1.29, 1.82) is 0 Å². The summed E-state index contributed by atoms with van der Waals surface area (Å²) in [6, 6.07) is 0.190. The van der Waals surface area contributed by atoms with Crippen LogP contribution in [0.25, 0.3) is 0 Å². The number of anilines is 1. The molecule has 2 N–H and O–H groups in total. The third-order valence-corrected chi connectivity index (χ3v) is 3.75. The monoisotopic (exact) mass is 299 g/mol. The zero-order valence-corrected chi connectivity index (χ0v) is 13.1. The third-order valence-electron chi connectivity index (χ3n) is 2.82. The van der Waals surface area contributed by atoms with Crippen LogP contribution in [-0.2, 0) is 9.53 Å². The van der Waals surface area contributed by atoms with E-state index in [1.165, 1.54) is 18.4 Å². The molecule has 0 spiro atoms. The zero-order chi connectivity index (χ0) is 15.1. The summed E-state index contributed by atoms with van der Waals surface area (Å²) in [5.41, 5.74) is 0.323. The van der Waals surface area contributed by atoms with Crippen molar-refractivity contribution in [2.24, 2.45) is 0 Å². The van der Waals surface area contributed by atoms with Crippen molar-refractivity contribution in [1.82, 2.24) is 10.3 Å². The average Bonchev–Trinajstić information content (AvgIpc) is 2.78. The first kappa shape index (κ1) is 16.4. The average molecular weight is 299 g/mol. The predicted molar refractivity (Wildman–Crippen MR) is 79.2 cm³/mol. The summed E-state index contributed by atoms with van der Waals surface area (Å²) in [5, 5.41) is 6.56. The van der Waals surface area contributed by atoms with Crippen LogP contribution in [0.1, 0.15) is 42.1 Å². The summed E-state index contributed by atoms with van der Waals surface area (Å²) in [4.78, 5) is 28.0. The Hall–Kier alpha value is -1.63. The number of nitrogens with one attached hydrogen (secondary N) is 2. The molecule has 0 fully saturated rings. The Morgan fingerprint density at radius 1 is 1.45 bits per heavy atom. The highest BCUT2D eigenvalue weighted by atomic mass is 32.1. The molecule has 0 saturated heterocycles. The van der Waals surface area contributed by atoms with E-state index in [0.717, 1.165) is 11.3 Å². The maximum absolute atomic E-state index is 11.6. The minimum atomic E-state index is -0.443. The van der Waals surface area contributed by atoms with Gasteiger partial charge in [0.15, 0.2) is 10.8 Å². The Labute approximate surface area is 122 Å². The lowest BCUT2D eigenvalue weighted by molar-refractivity contribution is -0.121. The van der Waals surface area contributed by atoms with Gasteiger partial charge in [0.05, 0.1) is 7.11 Å². The lowest BCUT2D eigenvalue weighted by Crippen LogP contribution is -2.32. The fourth-order valence-electron chi connectivity index (χ4n) is 1.49. The van der Waals surface area contributed by atoms with Crippen LogP contribution in [0.15, 0.2) is 0 Å². The van der Waals surface area contributed by atoms with Gasteiger partial charge >= 0.3 is 5.97 Å². The number of esters is 1. The number of hydrogen-bond donors (Lipinski definition) is 2. The lowest BCUT2D eigenvalue weighted by Gasteiger charge is -2.11. The van der Waals surface area contributed by atoms with Crippen LogP contribution < -0.4 is 10.6 Å². The molecule has 1 atom stereocenters. The summed E-state index contributed by atoms with van der Waals surface area (Å²) in [5.74, 6) is -0.436. The number of aryl methyl sites for hydroxylation is 1. The van der Waals surface area contributed by atoms with Crippen molar-refractivity contribution in [3.8, 4) is 0 Å². The smallest absolute Gasteiger partial charge is 0.357 e. The van der Waals surface area contributed by atoms with Gasteiger partial charge in [-0.3, -0.25) is 4.79 Å². The van der Waals surface area contributed by atoms with E-state index in [1.54, 1.807) is 0 Å². The molecule has 0 aliphatic rings. The molecule has 1 heterocycles. The Kier molecular flexibility index (Phi) is 6.44. The van der Waals surface area contributed by atoms with E-state index in [2.05, 4.69) is 20.4 Å². The summed E-state index contributed by atoms with van der Waals surface area (Å²) in [6.07, 6.45) is 1.28. The maximum Gasteiger partial charge on any atom is 0.357 e. The highest BCUT2D eigenvalue weighted by molar-refractivity contribution is 7.15. The second kappa shape index (κ2) is 7.84. The molecule has 0 radical (unpaired) electrons. The van der Waals surface area contributed by atoms with Crippen LogP contribution in [0.5, 0.6) is 0 Å². The van der Waals surface area contributed by atoms with Gasteiger partial charge in [-0.1, -0.05) is 6.92 Å². The second-order valence-electron chi connectivity index (χ2n) is 4.47. The lowest BCUT2D eigenvalue weighted by atomic mass is 10.2. The molecule has 1 aromatic heterocycles. The van der Waals surface area contributed by atoms with Crippen LogP contribution in [0.4, 0.5) is 5.13 Å². The number of nitrogens with zero attached hydrogens (tertiary/aromatic N) is 1. The van der Waals surface area contributed by atoms with E-state index in [-0.39, 0.29) is 11.9 Å².